The molecule has 3 fully saturated rings. The summed E-state index contributed by atoms with van der Waals surface area (Å²) in [6, 6.07) is 27.4. The Hall–Kier alpha value is -14.0. The molecule has 12 N–H and O–H groups in total. The zero-order valence-electron chi connectivity index (χ0n) is 73.2. The summed E-state index contributed by atoms with van der Waals surface area (Å²) in [6.45, 7) is 1.47. The number of nitro benzene ring substituents is 2. The molecule has 1 amide bonds. The van der Waals surface area contributed by atoms with Crippen LogP contribution >= 0.6 is 0 Å². The van der Waals surface area contributed by atoms with Gasteiger partial charge in [-0.2, -0.15) is 0 Å². The van der Waals surface area contributed by atoms with E-state index in [0.29, 0.717) is 157 Å². The number of amides is 1. The second-order valence-corrected chi connectivity index (χ2v) is 33.1. The lowest BCUT2D eigenvalue weighted by Gasteiger charge is -2.41. The number of nitrogens with zero attached hydrogens (tertiary/aromatic N) is 3. The van der Waals surface area contributed by atoms with Crippen LogP contribution in [-0.2, 0) is 107 Å². The highest BCUT2D eigenvalue weighted by molar-refractivity contribution is 6.16. The Morgan fingerprint density at radius 2 is 0.745 bits per heavy atom. The van der Waals surface area contributed by atoms with Crippen LogP contribution < -0.4 is 42.6 Å². The first kappa shape index (κ1) is 94.8. The molecule has 0 saturated carbocycles. The van der Waals surface area contributed by atoms with Gasteiger partial charge in [-0.15, -0.1) is 0 Å². The number of aliphatic hydroxyl groups excluding tert-OH is 12. The van der Waals surface area contributed by atoms with Gasteiger partial charge in [0.2, 0.25) is 39.2 Å². The van der Waals surface area contributed by atoms with Crippen LogP contribution in [-0.4, -0.2) is 239 Å². The lowest BCUT2D eigenvalue weighted by atomic mass is 9.87. The second kappa shape index (κ2) is 39.0. The van der Waals surface area contributed by atoms with Crippen molar-refractivity contribution in [3.8, 4) is 85.1 Å². The molecule has 19 rings (SSSR count). The number of ether oxygens (including phenoxy) is 18. The third kappa shape index (κ3) is 17.8. The van der Waals surface area contributed by atoms with Gasteiger partial charge in [-0.3, -0.25) is 25.0 Å². The molecule has 10 aromatic carbocycles. The van der Waals surface area contributed by atoms with Gasteiger partial charge < -0.3 is 151 Å². The average Bonchev–Trinajstić information content (AvgIpc) is 1.65. The summed E-state index contributed by atoms with van der Waals surface area (Å²) < 4.78 is 101. The fourth-order valence-corrected chi connectivity index (χ4v) is 17.6. The maximum Gasteiger partial charge on any atom is 0.409 e. The third-order valence-electron chi connectivity index (χ3n) is 24.5. The van der Waals surface area contributed by atoms with Gasteiger partial charge in [0, 0.05) is 82.2 Å². The lowest BCUT2D eigenvalue weighted by Crippen LogP contribution is -2.59. The van der Waals surface area contributed by atoms with Crippen LogP contribution in [0.5, 0.6) is 51.7 Å². The Labute approximate surface area is 773 Å². The van der Waals surface area contributed by atoms with Gasteiger partial charge in [0.15, 0.2) is 71.1 Å². The molecule has 10 aromatic rings. The first-order valence-electron chi connectivity index (χ1n) is 42.9. The summed E-state index contributed by atoms with van der Waals surface area (Å²) in [5, 5.41) is 152. The number of carbonyl (C=O) groups excluding carboxylic acids is 6. The highest BCUT2D eigenvalue weighted by atomic mass is 16.7. The Kier molecular flexibility index (Phi) is 27.0. The molecule has 0 bridgehead atoms. The minimum atomic E-state index is -1.94. The molecular formula is C94H89N3O40. The molecular weight excluding hydrogens is 1810 g/mol. The minimum absolute atomic E-state index is 0.000682. The summed E-state index contributed by atoms with van der Waals surface area (Å²) >= 11 is 0. The van der Waals surface area contributed by atoms with Crippen LogP contribution in [0.1, 0.15) is 125 Å². The van der Waals surface area contributed by atoms with Crippen LogP contribution in [0.25, 0.3) is 65.7 Å². The van der Waals surface area contributed by atoms with Crippen molar-refractivity contribution < 1.29 is 185 Å². The fraction of sp³-hybridized carbons (Fsp3) is 0.362. The molecule has 720 valence electrons. The van der Waals surface area contributed by atoms with E-state index in [4.69, 9.17) is 85.3 Å². The van der Waals surface area contributed by atoms with Gasteiger partial charge in [0.25, 0.3) is 11.4 Å². The first-order chi connectivity index (χ1) is 65.8. The van der Waals surface area contributed by atoms with Crippen molar-refractivity contribution in [1.82, 2.24) is 4.90 Å². The van der Waals surface area contributed by atoms with Crippen molar-refractivity contribution in [2.24, 2.45) is 0 Å². The van der Waals surface area contributed by atoms with E-state index in [1.54, 1.807) is 98.8 Å². The predicted octanol–water partition coefficient (Wildman–Crippen LogP) is 6.64. The third-order valence-corrected chi connectivity index (χ3v) is 24.5. The molecule has 9 heterocycles. The van der Waals surface area contributed by atoms with Gasteiger partial charge in [0.05, 0.1) is 96.6 Å². The molecule has 43 nitrogen and oxygen atoms in total. The molecule has 14 atom stereocenters. The largest absolute Gasteiger partial charge is 0.461 e. The summed E-state index contributed by atoms with van der Waals surface area (Å²) in [7, 11) is 2.92. The summed E-state index contributed by atoms with van der Waals surface area (Å²) in [5.74, 6) is -0.575. The zero-order valence-corrected chi connectivity index (χ0v) is 73.2. The van der Waals surface area contributed by atoms with E-state index in [-0.39, 0.29) is 106 Å². The minimum Gasteiger partial charge on any atom is -0.461 e. The van der Waals surface area contributed by atoms with Crippen molar-refractivity contribution in [2.45, 2.75) is 179 Å². The van der Waals surface area contributed by atoms with E-state index >= 15 is 0 Å². The maximum absolute atomic E-state index is 13.4. The normalized spacial score (nSPS) is 22.8. The van der Waals surface area contributed by atoms with Gasteiger partial charge >= 0.3 is 35.9 Å². The average molecular weight is 1900 g/mol. The van der Waals surface area contributed by atoms with E-state index in [1.165, 1.54) is 27.1 Å². The summed E-state index contributed by atoms with van der Waals surface area (Å²) in [6.07, 6.45) is -20.6. The molecule has 0 spiro atoms. The Bertz CT molecular complexity index is 6510. The standard InChI is InChI=1S/C34H28N2O16.C31H32O12.C29H29NO12/c1-14-28(39)31(51-32(41)16-4-19(35(43)44)9-20(5-16)36(45)46)29(40)34(50-14)52-30-22-7-18(11-38)17(10-37)6-21(22)26(27-23(30)12-47-33(27)42)15-2-3-24-25(8-15)49-13-48-24;1-3-4-23(34)42-29-26(35)14(2)41-31(27(29)36)43-28-19-8-17(11-33)16(10-32)7-18(19)24(25-20(28)12-38-30(25)37)15-5-6-21-22(9-15)40-13-39-21;1-30(2)29(36)42-26-19(33)11-38-28(24(26)34)41-25-17-6-15(9-32)14(8-31)5-16(17)22(23-18(25)10-37-27(23)35)13-3-4-20-21(7-13)40-12-39-20/h2-9,14,28-29,31,34,37-40H,10-13H2,1H3;5-9,14,26-27,29,31-33,35-36H,3-4,10-13H2,1-2H3;3-7,19,24,26,28,31-34H,8-12H2,1-2H3/t14-,28-,29-,31+,34?;14-,26-,27-,29+,31?;19-,24-,26+,28?/m111/s1. The number of esters is 5. The van der Waals surface area contributed by atoms with Crippen LogP contribution in [0, 0.1) is 20.2 Å². The van der Waals surface area contributed by atoms with Crippen LogP contribution in [0.3, 0.4) is 0 Å². The van der Waals surface area contributed by atoms with Crippen molar-refractivity contribution in [3.05, 3.63) is 202 Å². The zero-order chi connectivity index (χ0) is 97.1. The molecule has 137 heavy (non-hydrogen) atoms. The molecule has 0 radical (unpaired) electrons. The Morgan fingerprint density at radius 1 is 0.409 bits per heavy atom. The Balaban J connectivity index is 0.000000143. The monoisotopic (exact) mass is 1900 g/mol. The van der Waals surface area contributed by atoms with Crippen molar-refractivity contribution in [1.29, 1.82) is 0 Å². The number of fused-ring (bicyclic) bond motifs is 9. The van der Waals surface area contributed by atoms with Crippen molar-refractivity contribution in [3.63, 3.8) is 0 Å². The Morgan fingerprint density at radius 3 is 1.09 bits per heavy atom. The molecule has 43 heteroatoms. The molecule has 3 saturated heterocycles. The SMILES string of the molecule is CCCC(=O)O[C@H]1[C@H](O)[C@@H](C)OC(Oc2c3c(c(-c4ccc5c(c4)OCO5)c4cc(CO)c(CO)cc24)C(=O)OC3)[C@@H]1O.CN(C)C(=O)O[C@H]1[C@H](O)COC(Oc2c3c(c(-c4ccc5c(c4)OCO5)c4cc(CO)c(CO)cc24)C(=O)OC3)[C@@H]1O.C[C@H]1OC(Oc2c3c(c(-c4ccc5c(c4)OCO5)c4cc(CO)c(CO)cc24)C(=O)OC3)[C@H](O)[C@@H](OC(=O)c2cc([N+](=O)[O-])cc([N+](=O)[O-])c2)[C@@H]1O. The number of nitro groups is 2. The van der Waals surface area contributed by atoms with Crippen molar-refractivity contribution in [2.75, 3.05) is 41.1 Å². The smallest absolute Gasteiger partial charge is 0.409 e. The number of benzene rings is 10. The van der Waals surface area contributed by atoms with E-state index in [0.717, 1.165) is 17.0 Å². The highest BCUT2D eigenvalue weighted by Gasteiger charge is 2.51. The second-order valence-electron chi connectivity index (χ2n) is 33.1. The van der Waals surface area contributed by atoms with E-state index < -0.39 is 175 Å². The molecule has 0 aromatic heterocycles. The topological polar surface area (TPSA) is 601 Å². The number of hydrogen-bond acceptors (Lipinski definition) is 40. The van der Waals surface area contributed by atoms with Crippen LogP contribution in [0.15, 0.2) is 109 Å². The maximum atomic E-state index is 13.4. The van der Waals surface area contributed by atoms with Gasteiger partial charge in [0.1, 0.15) is 55.4 Å². The molecule has 9 aliphatic rings. The highest BCUT2D eigenvalue weighted by Crippen LogP contribution is 2.54. The van der Waals surface area contributed by atoms with E-state index in [1.807, 2.05) is 0 Å². The number of hydrogen-bond donors (Lipinski definition) is 12. The van der Waals surface area contributed by atoms with E-state index in [2.05, 4.69) is 0 Å². The lowest BCUT2D eigenvalue weighted by molar-refractivity contribution is -0.394. The first-order valence-corrected chi connectivity index (χ1v) is 42.9. The number of non-ortho nitro benzene ring substituents is 2. The van der Waals surface area contributed by atoms with Gasteiger partial charge in [-0.05, 0) is 159 Å². The molecule has 9 aliphatic heterocycles. The summed E-state index contributed by atoms with van der Waals surface area (Å²) in [5.41, 5.74) is 4.84. The number of cyclic esters (lactones) is 3. The van der Waals surface area contributed by atoms with Gasteiger partial charge in [-0.25, -0.2) is 24.0 Å². The predicted molar refractivity (Wildman–Crippen MR) is 463 cm³/mol. The molecule has 0 aliphatic carbocycles. The number of carbonyl (C=O) groups is 6. The summed E-state index contributed by atoms with van der Waals surface area (Å²) in [4.78, 5) is 99.5. The fourth-order valence-electron chi connectivity index (χ4n) is 17.6. The quantitative estimate of drug-likeness (QED) is 0.0138. The number of aliphatic hydroxyl groups is 12. The van der Waals surface area contributed by atoms with Crippen molar-refractivity contribution >= 4 is 79.6 Å². The van der Waals surface area contributed by atoms with Crippen LogP contribution in [0.2, 0.25) is 0 Å². The number of rotatable bonds is 23. The van der Waals surface area contributed by atoms with Gasteiger partial charge in [-0.1, -0.05) is 25.1 Å². The van der Waals surface area contributed by atoms with Crippen LogP contribution in [0.4, 0.5) is 16.2 Å². The molecule has 3 unspecified atom stereocenters. The van der Waals surface area contributed by atoms with E-state index in [9.17, 15) is 110 Å².